The van der Waals surface area contributed by atoms with E-state index in [1.54, 1.807) is 24.3 Å². The number of likely N-dealkylation sites (tertiary alicyclic amines) is 1. The second kappa shape index (κ2) is 5.68. The van der Waals surface area contributed by atoms with Crippen LogP contribution in [0.5, 0.6) is 5.75 Å². The number of methoxy groups -OCH3 is 1. The van der Waals surface area contributed by atoms with Crippen LogP contribution in [0.25, 0.3) is 0 Å². The first-order valence-corrected chi connectivity index (χ1v) is 5.83. The van der Waals surface area contributed by atoms with E-state index < -0.39 is 0 Å². The van der Waals surface area contributed by atoms with E-state index in [9.17, 15) is 4.79 Å². The number of rotatable bonds is 4. The van der Waals surface area contributed by atoms with Crippen LogP contribution in [-0.2, 0) is 4.74 Å². The molecule has 1 fully saturated rings. The molecule has 1 aromatic carbocycles. The molecule has 0 aromatic heterocycles. The van der Waals surface area contributed by atoms with E-state index in [0.29, 0.717) is 12.3 Å². The normalized spacial score (nSPS) is 15.8. The summed E-state index contributed by atoms with van der Waals surface area (Å²) in [5.74, 6) is 0.459. The van der Waals surface area contributed by atoms with E-state index in [1.807, 2.05) is 0 Å². The number of esters is 1. The third-order valence-electron chi connectivity index (χ3n) is 2.89. The van der Waals surface area contributed by atoms with Crippen LogP contribution in [0, 0.1) is 0 Å². The molecule has 1 aliphatic heterocycles. The molecule has 4 heteroatoms. The van der Waals surface area contributed by atoms with Crippen molar-refractivity contribution in [2.24, 2.45) is 0 Å². The first-order chi connectivity index (χ1) is 8.29. The summed E-state index contributed by atoms with van der Waals surface area (Å²) in [4.78, 5) is 13.5. The zero-order valence-corrected chi connectivity index (χ0v) is 10.0. The molecule has 17 heavy (non-hydrogen) atoms. The number of hydrogen-bond acceptors (Lipinski definition) is 4. The van der Waals surface area contributed by atoms with Crippen LogP contribution in [-0.4, -0.2) is 37.8 Å². The lowest BCUT2D eigenvalue weighted by Gasteiger charge is -2.15. The lowest BCUT2D eigenvalue weighted by atomic mass is 10.2. The Labute approximate surface area is 101 Å². The zero-order chi connectivity index (χ0) is 12.1. The van der Waals surface area contributed by atoms with Crippen molar-refractivity contribution in [3.05, 3.63) is 29.8 Å². The van der Waals surface area contributed by atoms with Crippen LogP contribution in [0.1, 0.15) is 23.2 Å². The summed E-state index contributed by atoms with van der Waals surface area (Å²) in [5.41, 5.74) is 0.543. The van der Waals surface area contributed by atoms with Gasteiger partial charge in [0.1, 0.15) is 12.5 Å². The van der Waals surface area contributed by atoms with Gasteiger partial charge in [0, 0.05) is 13.1 Å². The lowest BCUT2D eigenvalue weighted by Crippen LogP contribution is -2.24. The van der Waals surface area contributed by atoms with Gasteiger partial charge in [-0.3, -0.25) is 4.90 Å². The summed E-state index contributed by atoms with van der Waals surface area (Å²) >= 11 is 0. The Morgan fingerprint density at radius 3 is 2.47 bits per heavy atom. The molecule has 0 amide bonds. The topological polar surface area (TPSA) is 38.8 Å². The Hall–Kier alpha value is -1.55. The van der Waals surface area contributed by atoms with Gasteiger partial charge in [0.05, 0.1) is 12.7 Å². The number of benzene rings is 1. The SMILES string of the molecule is COC(=O)c1ccc(OCN2CCCC2)cc1. The minimum absolute atomic E-state index is 0.323. The average molecular weight is 235 g/mol. The van der Waals surface area contributed by atoms with E-state index in [4.69, 9.17) is 4.74 Å². The van der Waals surface area contributed by atoms with Crippen LogP contribution in [0.4, 0.5) is 0 Å². The third kappa shape index (κ3) is 3.20. The Bertz CT molecular complexity index is 369. The van der Waals surface area contributed by atoms with Crippen molar-refractivity contribution in [3.63, 3.8) is 0 Å². The molecule has 1 aromatic rings. The van der Waals surface area contributed by atoms with Crippen molar-refractivity contribution < 1.29 is 14.3 Å². The molecular formula is C13H17NO3. The molecule has 0 atom stereocenters. The van der Waals surface area contributed by atoms with Crippen LogP contribution >= 0.6 is 0 Å². The Kier molecular flexibility index (Phi) is 3.98. The second-order valence-electron chi connectivity index (χ2n) is 4.11. The quantitative estimate of drug-likeness (QED) is 0.747. The molecule has 2 rings (SSSR count). The van der Waals surface area contributed by atoms with Crippen LogP contribution in [0.15, 0.2) is 24.3 Å². The number of carbonyl (C=O) groups is 1. The van der Waals surface area contributed by atoms with Crippen molar-refractivity contribution in [3.8, 4) is 5.75 Å². The zero-order valence-electron chi connectivity index (χ0n) is 10.0. The van der Waals surface area contributed by atoms with Gasteiger partial charge in [0.15, 0.2) is 0 Å². The summed E-state index contributed by atoms with van der Waals surface area (Å²) in [6.07, 6.45) is 2.51. The van der Waals surface area contributed by atoms with Crippen molar-refractivity contribution in [2.45, 2.75) is 12.8 Å². The predicted octanol–water partition coefficient (Wildman–Crippen LogP) is 1.91. The molecule has 0 aliphatic carbocycles. The minimum Gasteiger partial charge on any atom is -0.478 e. The third-order valence-corrected chi connectivity index (χ3v) is 2.89. The molecule has 92 valence electrons. The standard InChI is InChI=1S/C13H17NO3/c1-16-13(15)11-4-6-12(7-5-11)17-10-14-8-2-3-9-14/h4-7H,2-3,8-10H2,1H3. The van der Waals surface area contributed by atoms with Crippen molar-refractivity contribution in [1.82, 2.24) is 4.90 Å². The molecule has 0 spiro atoms. The highest BCUT2D eigenvalue weighted by molar-refractivity contribution is 5.89. The van der Waals surface area contributed by atoms with E-state index in [1.165, 1.54) is 20.0 Å². The van der Waals surface area contributed by atoms with Gasteiger partial charge >= 0.3 is 5.97 Å². The summed E-state index contributed by atoms with van der Waals surface area (Å²) in [6, 6.07) is 7.01. The largest absolute Gasteiger partial charge is 0.478 e. The molecule has 0 N–H and O–H groups in total. The van der Waals surface area contributed by atoms with Gasteiger partial charge in [0.2, 0.25) is 0 Å². The maximum absolute atomic E-state index is 11.2. The van der Waals surface area contributed by atoms with E-state index >= 15 is 0 Å². The Morgan fingerprint density at radius 2 is 1.88 bits per heavy atom. The fourth-order valence-electron chi connectivity index (χ4n) is 1.88. The van der Waals surface area contributed by atoms with Crippen molar-refractivity contribution >= 4 is 5.97 Å². The van der Waals surface area contributed by atoms with Gasteiger partial charge < -0.3 is 9.47 Å². The van der Waals surface area contributed by atoms with Gasteiger partial charge in [-0.05, 0) is 37.1 Å². The smallest absolute Gasteiger partial charge is 0.337 e. The first-order valence-electron chi connectivity index (χ1n) is 5.83. The average Bonchev–Trinajstić information content (AvgIpc) is 2.89. The van der Waals surface area contributed by atoms with Crippen molar-refractivity contribution in [2.75, 3.05) is 26.9 Å². The van der Waals surface area contributed by atoms with Gasteiger partial charge in [-0.15, -0.1) is 0 Å². The molecule has 1 heterocycles. The van der Waals surface area contributed by atoms with Gasteiger partial charge in [-0.1, -0.05) is 0 Å². The second-order valence-corrected chi connectivity index (χ2v) is 4.11. The number of hydrogen-bond donors (Lipinski definition) is 0. The molecule has 0 radical (unpaired) electrons. The molecule has 1 aliphatic rings. The molecular weight excluding hydrogens is 218 g/mol. The minimum atomic E-state index is -0.323. The van der Waals surface area contributed by atoms with Gasteiger partial charge in [0.25, 0.3) is 0 Å². The number of nitrogens with zero attached hydrogens (tertiary/aromatic N) is 1. The fraction of sp³-hybridized carbons (Fsp3) is 0.462. The molecule has 0 bridgehead atoms. The van der Waals surface area contributed by atoms with Crippen molar-refractivity contribution in [1.29, 1.82) is 0 Å². The first kappa shape index (κ1) is 11.9. The maximum atomic E-state index is 11.2. The lowest BCUT2D eigenvalue weighted by molar-refractivity contribution is 0.0600. The highest BCUT2D eigenvalue weighted by Crippen LogP contribution is 2.14. The van der Waals surface area contributed by atoms with E-state index in [-0.39, 0.29) is 5.97 Å². The molecule has 4 nitrogen and oxygen atoms in total. The molecule has 0 unspecified atom stereocenters. The summed E-state index contributed by atoms with van der Waals surface area (Å²) in [6.45, 7) is 2.85. The Balaban J connectivity index is 1.87. The molecule has 1 saturated heterocycles. The number of ether oxygens (including phenoxy) is 2. The predicted molar refractivity (Wildman–Crippen MR) is 64.1 cm³/mol. The summed E-state index contributed by atoms with van der Waals surface area (Å²) in [5, 5.41) is 0. The van der Waals surface area contributed by atoms with E-state index in [2.05, 4.69) is 9.64 Å². The maximum Gasteiger partial charge on any atom is 0.337 e. The van der Waals surface area contributed by atoms with Crippen LogP contribution in [0.3, 0.4) is 0 Å². The summed E-state index contributed by atoms with van der Waals surface area (Å²) in [7, 11) is 1.38. The highest BCUT2D eigenvalue weighted by atomic mass is 16.5. The van der Waals surface area contributed by atoms with Crippen LogP contribution in [0.2, 0.25) is 0 Å². The summed E-state index contributed by atoms with van der Waals surface area (Å²) < 4.78 is 10.3. The van der Waals surface area contributed by atoms with Crippen LogP contribution < -0.4 is 4.74 Å². The fourth-order valence-corrected chi connectivity index (χ4v) is 1.88. The number of carbonyl (C=O) groups excluding carboxylic acids is 1. The Morgan fingerprint density at radius 1 is 1.24 bits per heavy atom. The van der Waals surface area contributed by atoms with Gasteiger partial charge in [-0.2, -0.15) is 0 Å². The molecule has 0 saturated carbocycles. The van der Waals surface area contributed by atoms with Gasteiger partial charge in [-0.25, -0.2) is 4.79 Å². The highest BCUT2D eigenvalue weighted by Gasteiger charge is 2.11. The monoisotopic (exact) mass is 235 g/mol. The van der Waals surface area contributed by atoms with E-state index in [0.717, 1.165) is 18.8 Å².